The molecule has 0 aliphatic heterocycles. The molecule has 0 saturated carbocycles. The molecule has 0 aliphatic carbocycles. The van der Waals surface area contributed by atoms with Gasteiger partial charge in [0.1, 0.15) is 0 Å². The number of hydrogen-bond donors (Lipinski definition) is 0. The monoisotopic (exact) mass is 622 g/mol. The van der Waals surface area contributed by atoms with Gasteiger partial charge in [-0.2, -0.15) is 0 Å². The van der Waals surface area contributed by atoms with Crippen molar-refractivity contribution in [2.45, 2.75) is 55.4 Å². The fourth-order valence-electron chi connectivity index (χ4n) is 4.36. The van der Waals surface area contributed by atoms with E-state index in [1.807, 2.05) is 45.3 Å². The van der Waals surface area contributed by atoms with Crippen molar-refractivity contribution < 1.29 is 0 Å². The van der Waals surface area contributed by atoms with Crippen molar-refractivity contribution in [2.24, 2.45) is 0 Å². The van der Waals surface area contributed by atoms with Gasteiger partial charge in [-0.1, -0.05) is 0 Å². The summed E-state index contributed by atoms with van der Waals surface area (Å²) >= 11 is 15.8. The molecule has 0 fully saturated rings. The molecule has 32 heavy (non-hydrogen) atoms. The third kappa shape index (κ3) is 3.13. The summed E-state index contributed by atoms with van der Waals surface area (Å²) < 4.78 is 13.5. The Balaban J connectivity index is 2.04. The summed E-state index contributed by atoms with van der Waals surface area (Å²) in [5.74, 6) is 0. The largest absolute Gasteiger partial charge is 0.132 e. The lowest BCUT2D eigenvalue weighted by Crippen LogP contribution is -1.93. The molecule has 0 spiro atoms. The quantitative estimate of drug-likeness (QED) is 0.150. The Hall–Kier alpha value is -0.500. The normalized spacial score (nSPS) is 12.1. The minimum absolute atomic E-state index is 1.24. The van der Waals surface area contributed by atoms with Gasteiger partial charge in [0.15, 0.2) is 0 Å². The zero-order valence-corrected chi connectivity index (χ0v) is 25.8. The van der Waals surface area contributed by atoms with Crippen LogP contribution in [-0.4, -0.2) is 0 Å². The van der Waals surface area contributed by atoms with Crippen molar-refractivity contribution in [2.75, 3.05) is 0 Å². The molecule has 0 saturated heterocycles. The number of hydrogen-bond acceptors (Lipinski definition) is 4. The predicted octanol–water partition coefficient (Wildman–Crippen LogP) is 11.7. The van der Waals surface area contributed by atoms with Gasteiger partial charge in [0, 0.05) is 18.8 Å². The Morgan fingerprint density at radius 1 is 0.312 bits per heavy atom. The predicted molar refractivity (Wildman–Crippen MR) is 159 cm³/mol. The van der Waals surface area contributed by atoms with Gasteiger partial charge in [-0.15, -0.1) is 45.3 Å². The highest BCUT2D eigenvalue weighted by Gasteiger charge is 2.20. The van der Waals surface area contributed by atoms with Crippen LogP contribution in [0.15, 0.2) is 8.95 Å². The number of halogens is 2. The lowest BCUT2D eigenvalue weighted by molar-refractivity contribution is 1.26. The minimum atomic E-state index is 1.24. The Kier molecular flexibility index (Phi) is 5.83. The van der Waals surface area contributed by atoms with Crippen LogP contribution >= 0.6 is 77.2 Å². The van der Waals surface area contributed by atoms with Crippen LogP contribution in [0.4, 0.5) is 0 Å². The molecular formula is C26H24Br2S4. The Labute approximate surface area is 221 Å². The molecule has 6 heteroatoms. The molecule has 0 unspecified atom stereocenters. The number of aryl methyl sites for hydroxylation is 4. The van der Waals surface area contributed by atoms with Gasteiger partial charge in [0.25, 0.3) is 0 Å². The second kappa shape index (κ2) is 8.03. The van der Waals surface area contributed by atoms with Crippen molar-refractivity contribution in [1.29, 1.82) is 0 Å². The van der Waals surface area contributed by atoms with E-state index in [1.165, 1.54) is 91.1 Å². The van der Waals surface area contributed by atoms with E-state index in [9.17, 15) is 0 Å². The maximum Gasteiger partial charge on any atom is 0.0618 e. The maximum atomic E-state index is 4.05. The lowest BCUT2D eigenvalue weighted by atomic mass is 10.00. The first kappa shape index (κ1) is 23.3. The highest BCUT2D eigenvalue weighted by Crippen LogP contribution is 2.52. The summed E-state index contributed by atoms with van der Waals surface area (Å²) in [4.78, 5) is 0. The van der Waals surface area contributed by atoms with Gasteiger partial charge in [-0.25, -0.2) is 0 Å². The molecule has 0 N–H and O–H groups in total. The maximum absolute atomic E-state index is 4.05. The first-order valence-corrected chi connectivity index (χ1v) is 15.4. The lowest BCUT2D eigenvalue weighted by Gasteiger charge is -2.17. The Bertz CT molecular complexity index is 1430. The van der Waals surface area contributed by atoms with Crippen LogP contribution in [0.25, 0.3) is 37.6 Å². The molecule has 0 amide bonds. The summed E-state index contributed by atoms with van der Waals surface area (Å²) in [6.45, 7) is 18.1. The fourth-order valence-corrected chi connectivity index (χ4v) is 12.3. The molecule has 0 aliphatic rings. The van der Waals surface area contributed by atoms with Crippen LogP contribution in [0.5, 0.6) is 0 Å². The zero-order chi connectivity index (χ0) is 23.2. The number of benzene rings is 3. The third-order valence-electron chi connectivity index (χ3n) is 7.18. The summed E-state index contributed by atoms with van der Waals surface area (Å²) in [6, 6.07) is 0. The van der Waals surface area contributed by atoms with Gasteiger partial charge >= 0.3 is 0 Å². The fraction of sp³-hybridized carbons (Fsp3) is 0.308. The average Bonchev–Trinajstić information content (AvgIpc) is 2.80. The SMILES string of the molecule is Cc1c(C)c(C)c2sc3c(Br)c4sc5c(C)c(C)c(C)c(C)c5sc4c(Br)c3sc2c1C. The first-order valence-electron chi connectivity index (χ1n) is 10.5. The average molecular weight is 625 g/mol. The number of fused-ring (bicyclic) bond motifs is 4. The third-order valence-corrected chi connectivity index (χ3v) is 15.6. The van der Waals surface area contributed by atoms with E-state index < -0.39 is 0 Å². The molecule has 5 rings (SSSR count). The standard InChI is InChI=1S/C26H24Br2S4/c1-9-10(2)14(6)20-19(13(9)5)29-23-17(27)25-26(18(28)24(23)30-20)32-22-16(8)12(4)11(3)15(7)21(22)31-25/h1-8H3. The number of rotatable bonds is 0. The zero-order valence-electron chi connectivity index (χ0n) is 19.4. The van der Waals surface area contributed by atoms with E-state index in [2.05, 4.69) is 87.2 Å². The molecule has 0 radical (unpaired) electrons. The summed E-state index contributed by atoms with van der Waals surface area (Å²) in [6.07, 6.45) is 0. The van der Waals surface area contributed by atoms with Crippen molar-refractivity contribution in [3.63, 3.8) is 0 Å². The van der Waals surface area contributed by atoms with E-state index in [0.717, 1.165) is 0 Å². The molecule has 3 aromatic carbocycles. The first-order chi connectivity index (χ1) is 15.0. The molecule has 2 heterocycles. The molecule has 0 atom stereocenters. The van der Waals surface area contributed by atoms with Crippen molar-refractivity contribution >= 4 is 115 Å². The van der Waals surface area contributed by atoms with Crippen LogP contribution in [0.2, 0.25) is 0 Å². The summed E-state index contributed by atoms with van der Waals surface area (Å²) in [5.41, 5.74) is 11.3. The van der Waals surface area contributed by atoms with E-state index in [0.29, 0.717) is 0 Å². The van der Waals surface area contributed by atoms with Crippen LogP contribution < -0.4 is 0 Å². The van der Waals surface area contributed by atoms with Crippen LogP contribution in [0, 0.1) is 55.4 Å². The molecule has 2 aromatic heterocycles. The van der Waals surface area contributed by atoms with Gasteiger partial charge in [0.2, 0.25) is 0 Å². The molecule has 5 aromatic rings. The Morgan fingerprint density at radius 3 is 0.688 bits per heavy atom. The highest BCUT2D eigenvalue weighted by atomic mass is 79.9. The van der Waals surface area contributed by atoms with Crippen LogP contribution in [-0.2, 0) is 0 Å². The molecule has 0 bridgehead atoms. The topological polar surface area (TPSA) is 0 Å². The van der Waals surface area contributed by atoms with Crippen molar-refractivity contribution in [3.05, 3.63) is 53.5 Å². The van der Waals surface area contributed by atoms with Gasteiger partial charge in [-0.3, -0.25) is 0 Å². The highest BCUT2D eigenvalue weighted by molar-refractivity contribution is 9.11. The van der Waals surface area contributed by atoms with E-state index >= 15 is 0 Å². The van der Waals surface area contributed by atoms with Gasteiger partial charge in [-0.05, 0) is 132 Å². The molecule has 0 nitrogen and oxygen atoms in total. The summed E-state index contributed by atoms with van der Waals surface area (Å²) in [5, 5.41) is 0. The second-order valence-electron chi connectivity index (χ2n) is 8.67. The van der Waals surface area contributed by atoms with Crippen molar-refractivity contribution in [1.82, 2.24) is 0 Å². The smallest absolute Gasteiger partial charge is 0.0618 e. The van der Waals surface area contributed by atoms with E-state index in [1.54, 1.807) is 0 Å². The molecular weight excluding hydrogens is 600 g/mol. The second-order valence-corrected chi connectivity index (χ2v) is 14.3. The molecule has 166 valence electrons. The van der Waals surface area contributed by atoms with E-state index in [-0.39, 0.29) is 0 Å². The summed E-state index contributed by atoms with van der Waals surface area (Å²) in [7, 11) is 0. The van der Waals surface area contributed by atoms with Crippen molar-refractivity contribution in [3.8, 4) is 0 Å². The van der Waals surface area contributed by atoms with Gasteiger partial charge < -0.3 is 0 Å². The van der Waals surface area contributed by atoms with Crippen LogP contribution in [0.1, 0.15) is 44.5 Å². The Morgan fingerprint density at radius 2 is 0.500 bits per heavy atom. The van der Waals surface area contributed by atoms with E-state index in [4.69, 9.17) is 0 Å². The van der Waals surface area contributed by atoms with Crippen LogP contribution in [0.3, 0.4) is 0 Å². The van der Waals surface area contributed by atoms with Gasteiger partial charge in [0.05, 0.1) is 27.7 Å². The minimum Gasteiger partial charge on any atom is -0.132 e.